The Morgan fingerprint density at radius 3 is 2.70 bits per heavy atom. The van der Waals surface area contributed by atoms with Gasteiger partial charge in [0.25, 0.3) is 10.0 Å². The molecule has 0 radical (unpaired) electrons. The zero-order chi connectivity index (χ0) is 14.5. The van der Waals surface area contributed by atoms with Gasteiger partial charge in [0.15, 0.2) is 5.03 Å². The van der Waals surface area contributed by atoms with Crippen LogP contribution < -0.4 is 0 Å². The van der Waals surface area contributed by atoms with Crippen molar-refractivity contribution in [1.29, 1.82) is 0 Å². The Morgan fingerprint density at radius 1 is 1.35 bits per heavy atom. The van der Waals surface area contributed by atoms with Crippen LogP contribution in [0.5, 0.6) is 0 Å². The standard InChI is InChI=1S/C14H21N3O2S/c1-10(2)14-15-13(9-16(14)3)20(18,19)17-11-5-4-6-12(17)8-7-11/h4-5,9-12H,6-8H2,1-3H3. The van der Waals surface area contributed by atoms with Crippen LogP contribution in [0.3, 0.4) is 0 Å². The van der Waals surface area contributed by atoms with Crippen LogP contribution >= 0.6 is 0 Å². The molecule has 0 amide bonds. The molecule has 20 heavy (non-hydrogen) atoms. The molecule has 0 spiro atoms. The normalized spacial score (nSPS) is 26.6. The number of imidazole rings is 1. The van der Waals surface area contributed by atoms with Crippen LogP contribution in [0.4, 0.5) is 0 Å². The second-order valence-corrected chi connectivity index (χ2v) is 7.79. The number of sulfonamides is 1. The minimum Gasteiger partial charge on any atom is -0.336 e. The summed E-state index contributed by atoms with van der Waals surface area (Å²) in [5.74, 6) is 1.02. The van der Waals surface area contributed by atoms with Gasteiger partial charge in [-0.1, -0.05) is 26.0 Å². The summed E-state index contributed by atoms with van der Waals surface area (Å²) in [6, 6.07) is 0.128. The van der Waals surface area contributed by atoms with E-state index in [1.807, 2.05) is 31.5 Å². The predicted octanol–water partition coefficient (Wildman–Crippen LogP) is 2.03. The number of hydrogen-bond acceptors (Lipinski definition) is 3. The van der Waals surface area contributed by atoms with E-state index in [0.717, 1.165) is 25.1 Å². The van der Waals surface area contributed by atoms with Gasteiger partial charge < -0.3 is 4.57 Å². The molecule has 5 nitrogen and oxygen atoms in total. The average molecular weight is 295 g/mol. The minimum absolute atomic E-state index is 0.0169. The number of rotatable bonds is 3. The Bertz CT molecular complexity index is 645. The van der Waals surface area contributed by atoms with E-state index < -0.39 is 10.0 Å². The summed E-state index contributed by atoms with van der Waals surface area (Å²) in [7, 11) is -1.63. The fraction of sp³-hybridized carbons (Fsp3) is 0.643. The highest BCUT2D eigenvalue weighted by Gasteiger charge is 2.43. The molecule has 2 unspecified atom stereocenters. The summed E-state index contributed by atoms with van der Waals surface area (Å²) in [5, 5.41) is 0.191. The highest BCUT2D eigenvalue weighted by atomic mass is 32.2. The summed E-state index contributed by atoms with van der Waals surface area (Å²) in [4.78, 5) is 4.36. The van der Waals surface area contributed by atoms with Crippen LogP contribution in [-0.4, -0.2) is 34.4 Å². The molecule has 2 bridgehead atoms. The van der Waals surface area contributed by atoms with Gasteiger partial charge in [-0.3, -0.25) is 0 Å². The molecule has 1 aromatic rings. The third-order valence-corrected chi connectivity index (χ3v) is 6.05. The predicted molar refractivity (Wildman–Crippen MR) is 76.9 cm³/mol. The van der Waals surface area contributed by atoms with Gasteiger partial charge in [-0.05, 0) is 19.3 Å². The average Bonchev–Trinajstić information content (AvgIpc) is 2.89. The lowest BCUT2D eigenvalue weighted by Crippen LogP contribution is -2.42. The van der Waals surface area contributed by atoms with Crippen molar-refractivity contribution in [2.75, 3.05) is 0 Å². The highest BCUT2D eigenvalue weighted by molar-refractivity contribution is 7.89. The van der Waals surface area contributed by atoms with Gasteiger partial charge in [-0.15, -0.1) is 0 Å². The van der Waals surface area contributed by atoms with E-state index in [-0.39, 0.29) is 23.0 Å². The van der Waals surface area contributed by atoms with Crippen LogP contribution in [0, 0.1) is 0 Å². The summed E-state index contributed by atoms with van der Waals surface area (Å²) >= 11 is 0. The molecule has 0 N–H and O–H groups in total. The van der Waals surface area contributed by atoms with Crippen molar-refractivity contribution in [2.45, 2.75) is 56.1 Å². The summed E-state index contributed by atoms with van der Waals surface area (Å²) in [6.07, 6.45) is 8.45. The first-order valence-electron chi connectivity index (χ1n) is 7.14. The molecule has 2 atom stereocenters. The molecule has 1 saturated heterocycles. The van der Waals surface area contributed by atoms with Gasteiger partial charge in [-0.2, -0.15) is 4.31 Å². The van der Waals surface area contributed by atoms with Crippen molar-refractivity contribution < 1.29 is 8.42 Å². The molecular formula is C14H21N3O2S. The number of hydrogen-bond donors (Lipinski definition) is 0. The molecule has 0 aliphatic carbocycles. The monoisotopic (exact) mass is 295 g/mol. The molecule has 2 aliphatic rings. The zero-order valence-corrected chi connectivity index (χ0v) is 13.0. The number of aryl methyl sites for hydroxylation is 1. The topological polar surface area (TPSA) is 55.2 Å². The quantitative estimate of drug-likeness (QED) is 0.802. The Hall–Kier alpha value is -1.14. The minimum atomic E-state index is -3.48. The first-order valence-corrected chi connectivity index (χ1v) is 8.58. The van der Waals surface area contributed by atoms with Gasteiger partial charge in [0, 0.05) is 31.2 Å². The Balaban J connectivity index is 2.01. The van der Waals surface area contributed by atoms with Crippen molar-refractivity contribution in [1.82, 2.24) is 13.9 Å². The lowest BCUT2D eigenvalue weighted by atomic mass is 10.2. The number of nitrogens with zero attached hydrogens (tertiary/aromatic N) is 3. The van der Waals surface area contributed by atoms with E-state index in [1.54, 1.807) is 10.5 Å². The Kier molecular flexibility index (Phi) is 3.25. The van der Waals surface area contributed by atoms with E-state index in [2.05, 4.69) is 11.1 Å². The van der Waals surface area contributed by atoms with Crippen molar-refractivity contribution in [3.8, 4) is 0 Å². The largest absolute Gasteiger partial charge is 0.336 e. The molecule has 0 saturated carbocycles. The van der Waals surface area contributed by atoms with E-state index in [4.69, 9.17) is 0 Å². The van der Waals surface area contributed by atoms with E-state index in [0.29, 0.717) is 0 Å². The fourth-order valence-electron chi connectivity index (χ4n) is 3.28. The molecule has 110 valence electrons. The Labute approximate surface area is 120 Å². The third-order valence-electron chi connectivity index (χ3n) is 4.20. The lowest BCUT2D eigenvalue weighted by Gasteiger charge is -2.29. The van der Waals surface area contributed by atoms with Crippen LogP contribution in [0.25, 0.3) is 0 Å². The smallest absolute Gasteiger partial charge is 0.262 e. The highest BCUT2D eigenvalue weighted by Crippen LogP contribution is 2.36. The SMILES string of the molecule is CC(C)c1nc(S(=O)(=O)N2C3C=CCC2CC3)cn1C. The fourth-order valence-corrected chi connectivity index (χ4v) is 5.11. The van der Waals surface area contributed by atoms with Gasteiger partial charge in [0.05, 0.1) is 0 Å². The van der Waals surface area contributed by atoms with Crippen LogP contribution in [0.2, 0.25) is 0 Å². The maximum Gasteiger partial charge on any atom is 0.262 e. The van der Waals surface area contributed by atoms with Gasteiger partial charge in [0.1, 0.15) is 5.82 Å². The molecule has 3 heterocycles. The number of fused-ring (bicyclic) bond motifs is 2. The van der Waals surface area contributed by atoms with Gasteiger partial charge in [0.2, 0.25) is 0 Å². The lowest BCUT2D eigenvalue weighted by molar-refractivity contribution is 0.340. The van der Waals surface area contributed by atoms with Crippen molar-refractivity contribution in [3.63, 3.8) is 0 Å². The summed E-state index contributed by atoms with van der Waals surface area (Å²) in [6.45, 7) is 4.04. The second-order valence-electron chi connectivity index (χ2n) is 6.00. The maximum absolute atomic E-state index is 12.9. The number of aromatic nitrogens is 2. The second kappa shape index (κ2) is 4.70. The van der Waals surface area contributed by atoms with Gasteiger partial charge in [-0.25, -0.2) is 13.4 Å². The van der Waals surface area contributed by atoms with E-state index >= 15 is 0 Å². The van der Waals surface area contributed by atoms with E-state index in [9.17, 15) is 8.42 Å². The maximum atomic E-state index is 12.9. The molecule has 1 aromatic heterocycles. The van der Waals surface area contributed by atoms with Crippen LogP contribution in [0.1, 0.15) is 44.9 Å². The summed E-state index contributed by atoms with van der Waals surface area (Å²) < 4.78 is 29.2. The molecule has 3 rings (SSSR count). The molecule has 6 heteroatoms. The molecule has 1 fully saturated rings. The first kappa shape index (κ1) is 13.8. The zero-order valence-electron chi connectivity index (χ0n) is 12.2. The Morgan fingerprint density at radius 2 is 2.10 bits per heavy atom. The molecule has 2 aliphatic heterocycles. The van der Waals surface area contributed by atoms with Crippen molar-refractivity contribution in [3.05, 3.63) is 24.2 Å². The first-order chi connectivity index (χ1) is 9.41. The molecular weight excluding hydrogens is 274 g/mol. The van der Waals surface area contributed by atoms with Crippen LogP contribution in [0.15, 0.2) is 23.4 Å². The van der Waals surface area contributed by atoms with Crippen LogP contribution in [-0.2, 0) is 17.1 Å². The van der Waals surface area contributed by atoms with E-state index in [1.165, 1.54) is 0 Å². The van der Waals surface area contributed by atoms with Crippen molar-refractivity contribution in [2.24, 2.45) is 7.05 Å². The molecule has 0 aromatic carbocycles. The third kappa shape index (κ3) is 2.02. The van der Waals surface area contributed by atoms with Gasteiger partial charge >= 0.3 is 0 Å². The summed E-state index contributed by atoms with van der Waals surface area (Å²) in [5.41, 5.74) is 0. The van der Waals surface area contributed by atoms with Crippen molar-refractivity contribution >= 4 is 10.0 Å².